The normalized spacial score (nSPS) is 28.4. The van der Waals surface area contributed by atoms with Gasteiger partial charge in [-0.3, -0.25) is 9.59 Å². The first kappa shape index (κ1) is 20.6. The number of imidazole rings is 1. The van der Waals surface area contributed by atoms with Gasteiger partial charge in [-0.2, -0.15) is 0 Å². The van der Waals surface area contributed by atoms with Crippen LogP contribution in [0.25, 0.3) is 0 Å². The van der Waals surface area contributed by atoms with Crippen LogP contribution in [0.4, 0.5) is 0 Å². The SMILES string of the molecule is O=C(NCc1nccs1)[C@H]1[C@@H]2C[C@@H](CN(CCCn3ccnc3)C2)[C@@H]2CCCC(=O)N21. The van der Waals surface area contributed by atoms with Gasteiger partial charge in [0.05, 0.1) is 12.9 Å². The maximum Gasteiger partial charge on any atom is 0.243 e. The number of fused-ring (bicyclic) bond motifs is 4. The highest BCUT2D eigenvalue weighted by Gasteiger charge is 2.51. The minimum Gasteiger partial charge on any atom is -0.348 e. The van der Waals surface area contributed by atoms with Gasteiger partial charge < -0.3 is 19.7 Å². The molecule has 0 radical (unpaired) electrons. The standard InChI is InChI=1S/C22H30N6O2S/c29-20-4-1-3-18-16-11-17(14-27(13-16)8-2-7-26-9-5-23-15-26)21(28(18)20)22(30)25-12-19-24-6-10-31-19/h5-6,9-10,15-18,21H,1-4,7-8,11-14H2,(H,25,30)/t16-,17+,18-,21+/m0/s1. The Morgan fingerprint density at radius 3 is 2.94 bits per heavy atom. The first-order valence-corrected chi connectivity index (χ1v) is 12.2. The fourth-order valence-corrected chi connectivity index (χ4v) is 6.33. The van der Waals surface area contributed by atoms with E-state index in [0.717, 1.165) is 56.9 Å². The van der Waals surface area contributed by atoms with Gasteiger partial charge >= 0.3 is 0 Å². The van der Waals surface area contributed by atoms with Crippen molar-refractivity contribution in [3.8, 4) is 0 Å². The van der Waals surface area contributed by atoms with Crippen molar-refractivity contribution >= 4 is 23.2 Å². The van der Waals surface area contributed by atoms with E-state index in [9.17, 15) is 9.59 Å². The predicted molar refractivity (Wildman–Crippen MR) is 117 cm³/mol. The third-order valence-electron chi connectivity index (χ3n) is 7.03. The van der Waals surface area contributed by atoms with Crippen LogP contribution in [0, 0.1) is 11.8 Å². The number of rotatable bonds is 7. The summed E-state index contributed by atoms with van der Waals surface area (Å²) in [5.41, 5.74) is 0. The lowest BCUT2D eigenvalue weighted by Gasteiger charge is -2.56. The van der Waals surface area contributed by atoms with E-state index in [2.05, 4.69) is 24.8 Å². The molecule has 0 aliphatic carbocycles. The van der Waals surface area contributed by atoms with Crippen LogP contribution in [-0.2, 0) is 22.7 Å². The Labute approximate surface area is 186 Å². The Hall–Kier alpha value is -2.26. The fourth-order valence-electron chi connectivity index (χ4n) is 5.78. The summed E-state index contributed by atoms with van der Waals surface area (Å²) in [7, 11) is 0. The average Bonchev–Trinajstić information content (AvgIpc) is 3.47. The van der Waals surface area contributed by atoms with E-state index in [0.29, 0.717) is 18.9 Å². The van der Waals surface area contributed by atoms with E-state index in [-0.39, 0.29) is 29.8 Å². The van der Waals surface area contributed by atoms with Crippen LogP contribution in [0.3, 0.4) is 0 Å². The van der Waals surface area contributed by atoms with Crippen molar-refractivity contribution in [3.63, 3.8) is 0 Å². The molecule has 0 spiro atoms. The summed E-state index contributed by atoms with van der Waals surface area (Å²) in [5.74, 6) is 0.814. The summed E-state index contributed by atoms with van der Waals surface area (Å²) in [5, 5.41) is 5.89. The summed E-state index contributed by atoms with van der Waals surface area (Å²) in [6.07, 6.45) is 12.1. The Morgan fingerprint density at radius 2 is 2.13 bits per heavy atom. The number of piperidine rings is 3. The van der Waals surface area contributed by atoms with Gasteiger partial charge in [-0.15, -0.1) is 11.3 Å². The van der Waals surface area contributed by atoms with Crippen LogP contribution in [0.2, 0.25) is 0 Å². The van der Waals surface area contributed by atoms with Gasteiger partial charge in [0.25, 0.3) is 0 Å². The molecule has 2 amide bonds. The lowest BCUT2D eigenvalue weighted by atomic mass is 9.71. The van der Waals surface area contributed by atoms with Crippen molar-refractivity contribution in [2.75, 3.05) is 19.6 Å². The Morgan fingerprint density at radius 1 is 1.23 bits per heavy atom. The number of aromatic nitrogens is 3. The molecule has 2 aromatic rings. The number of aryl methyl sites for hydroxylation is 1. The van der Waals surface area contributed by atoms with E-state index in [1.54, 1.807) is 17.5 Å². The number of nitrogens with one attached hydrogen (secondary N) is 1. The second-order valence-corrected chi connectivity index (χ2v) is 10.00. The number of hydrogen-bond acceptors (Lipinski definition) is 6. The monoisotopic (exact) mass is 442 g/mol. The molecule has 4 atom stereocenters. The maximum atomic E-state index is 13.3. The number of likely N-dealkylation sites (tertiary alicyclic amines) is 1. The second kappa shape index (κ2) is 9.08. The maximum absolute atomic E-state index is 13.3. The zero-order valence-corrected chi connectivity index (χ0v) is 18.5. The largest absolute Gasteiger partial charge is 0.348 e. The van der Waals surface area contributed by atoms with Crippen LogP contribution in [0.5, 0.6) is 0 Å². The van der Waals surface area contributed by atoms with Gasteiger partial charge in [-0.1, -0.05) is 0 Å². The van der Waals surface area contributed by atoms with Crippen molar-refractivity contribution in [3.05, 3.63) is 35.3 Å². The van der Waals surface area contributed by atoms with Crippen LogP contribution in [0.1, 0.15) is 37.1 Å². The molecule has 2 bridgehead atoms. The lowest BCUT2D eigenvalue weighted by molar-refractivity contribution is -0.160. The third kappa shape index (κ3) is 4.39. The summed E-state index contributed by atoms with van der Waals surface area (Å²) in [6, 6.07) is -0.157. The molecule has 0 unspecified atom stereocenters. The van der Waals surface area contributed by atoms with Gasteiger partial charge in [0.1, 0.15) is 11.0 Å². The van der Waals surface area contributed by atoms with Crippen molar-refractivity contribution in [2.24, 2.45) is 11.8 Å². The fraction of sp³-hybridized carbons (Fsp3) is 0.636. The molecular weight excluding hydrogens is 412 g/mol. The Kier molecular flexibility index (Phi) is 6.04. The number of amides is 2. The highest BCUT2D eigenvalue weighted by Crippen LogP contribution is 2.41. The van der Waals surface area contributed by atoms with Gasteiger partial charge in [0, 0.05) is 62.0 Å². The second-order valence-electron chi connectivity index (χ2n) is 9.02. The first-order valence-electron chi connectivity index (χ1n) is 11.3. The molecule has 1 N–H and O–H groups in total. The van der Waals surface area contributed by atoms with E-state index in [1.807, 2.05) is 29.0 Å². The molecule has 2 aromatic heterocycles. The lowest BCUT2D eigenvalue weighted by Crippen LogP contribution is -2.68. The van der Waals surface area contributed by atoms with E-state index in [1.165, 1.54) is 0 Å². The van der Waals surface area contributed by atoms with E-state index in [4.69, 9.17) is 0 Å². The van der Waals surface area contributed by atoms with Gasteiger partial charge in [-0.25, -0.2) is 9.97 Å². The molecule has 5 heterocycles. The summed E-state index contributed by atoms with van der Waals surface area (Å²) >= 11 is 1.54. The Balaban J connectivity index is 1.28. The molecule has 3 fully saturated rings. The molecule has 3 saturated heterocycles. The van der Waals surface area contributed by atoms with Crippen molar-refractivity contribution in [2.45, 2.75) is 57.3 Å². The molecule has 5 rings (SSSR count). The predicted octanol–water partition coefficient (Wildman–Crippen LogP) is 1.75. The van der Waals surface area contributed by atoms with Crippen molar-refractivity contribution in [1.82, 2.24) is 29.7 Å². The summed E-state index contributed by atoms with van der Waals surface area (Å²) in [6.45, 7) is 4.32. The van der Waals surface area contributed by atoms with Crippen LogP contribution in [0.15, 0.2) is 30.3 Å². The summed E-state index contributed by atoms with van der Waals surface area (Å²) in [4.78, 5) is 39.1. The first-order chi connectivity index (χ1) is 15.2. The molecule has 31 heavy (non-hydrogen) atoms. The molecule has 3 aliphatic rings. The van der Waals surface area contributed by atoms with Crippen LogP contribution < -0.4 is 5.32 Å². The molecule has 0 saturated carbocycles. The molecule has 0 aromatic carbocycles. The average molecular weight is 443 g/mol. The van der Waals surface area contributed by atoms with E-state index >= 15 is 0 Å². The van der Waals surface area contributed by atoms with Crippen molar-refractivity contribution < 1.29 is 9.59 Å². The highest BCUT2D eigenvalue weighted by molar-refractivity contribution is 7.09. The molecular formula is C22H30N6O2S. The number of carbonyl (C=O) groups excluding carboxylic acids is 2. The number of thiazole rings is 1. The molecule has 8 nitrogen and oxygen atoms in total. The number of nitrogens with zero attached hydrogens (tertiary/aromatic N) is 5. The minimum absolute atomic E-state index is 0.0147. The van der Waals surface area contributed by atoms with Gasteiger partial charge in [-0.05, 0) is 38.1 Å². The third-order valence-corrected chi connectivity index (χ3v) is 7.81. The van der Waals surface area contributed by atoms with E-state index < -0.39 is 0 Å². The minimum atomic E-state index is -0.356. The Bertz CT molecular complexity index is 886. The van der Waals surface area contributed by atoms with Crippen LogP contribution in [-0.4, -0.2) is 67.9 Å². The van der Waals surface area contributed by atoms with Gasteiger partial charge in [0.2, 0.25) is 11.8 Å². The molecule has 166 valence electrons. The van der Waals surface area contributed by atoms with Crippen LogP contribution >= 0.6 is 11.3 Å². The van der Waals surface area contributed by atoms with Gasteiger partial charge in [0.15, 0.2) is 0 Å². The topological polar surface area (TPSA) is 83.4 Å². The molecule has 3 aliphatic heterocycles. The zero-order valence-electron chi connectivity index (χ0n) is 17.7. The summed E-state index contributed by atoms with van der Waals surface area (Å²) < 4.78 is 2.11. The highest BCUT2D eigenvalue weighted by atomic mass is 32.1. The number of carbonyl (C=O) groups is 2. The number of hydrogen-bond donors (Lipinski definition) is 1. The quantitative estimate of drug-likeness (QED) is 0.706. The zero-order chi connectivity index (χ0) is 21.2. The van der Waals surface area contributed by atoms with Crippen molar-refractivity contribution in [1.29, 1.82) is 0 Å². The molecule has 9 heteroatoms. The smallest absolute Gasteiger partial charge is 0.243 e.